The molecule has 3 aromatic rings. The first-order valence-corrected chi connectivity index (χ1v) is 22.3. The number of allylic oxidation sites excluding steroid dienone is 1. The monoisotopic (exact) mass is 906 g/mol. The zero-order chi connectivity index (χ0) is 48.4. The van der Waals surface area contributed by atoms with Crippen LogP contribution in [-0.4, -0.2) is 112 Å². The minimum absolute atomic E-state index is 0.00125. The van der Waals surface area contributed by atoms with Crippen LogP contribution in [-0.2, 0) is 27.5 Å². The molecule has 2 aromatic carbocycles. The molecule has 5 rings (SSSR count). The summed E-state index contributed by atoms with van der Waals surface area (Å²) in [5.41, 5.74) is 10.9. The number of hydrogen-bond acceptors (Lipinski definition) is 13. The van der Waals surface area contributed by atoms with Crippen molar-refractivity contribution < 1.29 is 39.6 Å². The van der Waals surface area contributed by atoms with Gasteiger partial charge in [0, 0.05) is 63.3 Å². The molecular formula is C48H75N9O8. The minimum atomic E-state index is -0.722. The van der Waals surface area contributed by atoms with E-state index in [9.17, 15) is 29.4 Å². The van der Waals surface area contributed by atoms with E-state index in [1.165, 1.54) is 32.1 Å². The fourth-order valence-electron chi connectivity index (χ4n) is 6.40. The zero-order valence-electron chi connectivity index (χ0n) is 39.1. The van der Waals surface area contributed by atoms with Crippen molar-refractivity contribution >= 4 is 30.1 Å². The number of aliphatic hydroxyl groups is 2. The van der Waals surface area contributed by atoms with E-state index >= 15 is 0 Å². The van der Waals surface area contributed by atoms with Gasteiger partial charge in [0.2, 0.25) is 5.91 Å². The number of nitrogens with one attached hydrogen (secondary N) is 5. The van der Waals surface area contributed by atoms with Gasteiger partial charge in [0.15, 0.2) is 0 Å². The lowest BCUT2D eigenvalue weighted by molar-refractivity contribution is -0.137. The van der Waals surface area contributed by atoms with Crippen molar-refractivity contribution in [3.8, 4) is 5.75 Å². The van der Waals surface area contributed by atoms with Crippen molar-refractivity contribution in [2.24, 2.45) is 5.73 Å². The number of carboxylic acid groups (broad SMARTS) is 1. The second kappa shape index (κ2) is 34.7. The first-order valence-electron chi connectivity index (χ1n) is 22.3. The second-order valence-electron chi connectivity index (χ2n) is 15.4. The van der Waals surface area contributed by atoms with Crippen LogP contribution >= 0.6 is 0 Å². The number of aromatic nitrogens is 3. The Morgan fingerprint density at radius 1 is 1.05 bits per heavy atom. The van der Waals surface area contributed by atoms with Gasteiger partial charge in [-0.05, 0) is 107 Å². The number of amides is 2. The molecule has 65 heavy (non-hydrogen) atoms. The second-order valence-corrected chi connectivity index (χ2v) is 15.4. The number of nitrogens with two attached hydrogens (primary N) is 1. The number of carboxylic acids is 1. The van der Waals surface area contributed by atoms with Crippen LogP contribution in [0.4, 0.5) is 0 Å². The standard InChI is InChI=1S/C19H26N4O.C13H19NO3.C10H15N3O.C5H11NO2.CH4O/c1-2-5-15-6-3-7-16(12-15)13-23-19(24)8-4-11-21-18-10-9-17(20)14-22-18;1-4-11(15)7-14-13(17)10-5-8(2)12(16)9(3)6-10;14-7-6-13-8-10(11-12-13)9-4-2-1-3-5-9;1-6-4-2-3-5(7)8;1-2/h2-7,9-12,17-18,21-22H,8,13-14,20H2,1H3,(H,23,24);5-6,11,15-16H,4,7H2,1-3H3,(H,14,17);7-9H,1-6H2;6H,2-4H2,1H3,(H,7,8);2H,1H3/b5-2+,11-4-;;;;/t17-,18?;;;;/m0..../s1. The fraction of sp³-hybridized carbons (Fsp3) is 0.500. The van der Waals surface area contributed by atoms with Crippen LogP contribution in [0, 0.1) is 13.8 Å². The maximum Gasteiger partial charge on any atom is 0.303 e. The van der Waals surface area contributed by atoms with Crippen LogP contribution in [0.25, 0.3) is 6.08 Å². The maximum absolute atomic E-state index is 11.9. The number of hydrogen-bond donors (Lipinski definition) is 10. The average Bonchev–Trinajstić information content (AvgIpc) is 3.79. The summed E-state index contributed by atoms with van der Waals surface area (Å²) in [6, 6.07) is 11.5. The Morgan fingerprint density at radius 3 is 2.35 bits per heavy atom. The van der Waals surface area contributed by atoms with Crippen LogP contribution in [0.15, 0.2) is 73.1 Å². The summed E-state index contributed by atoms with van der Waals surface area (Å²) in [5.74, 6) is -0.165. The van der Waals surface area contributed by atoms with E-state index < -0.39 is 12.1 Å². The Bertz CT molecular complexity index is 1890. The molecule has 17 heteroatoms. The maximum atomic E-state index is 11.9. The largest absolute Gasteiger partial charge is 0.507 e. The van der Waals surface area contributed by atoms with Crippen LogP contribution < -0.4 is 32.3 Å². The van der Waals surface area contributed by atoms with E-state index in [1.54, 1.807) is 36.9 Å². The van der Waals surface area contributed by atoms with Crippen molar-refractivity contribution in [2.75, 3.05) is 33.8 Å². The van der Waals surface area contributed by atoms with Crippen molar-refractivity contribution in [1.82, 2.24) is 41.6 Å². The number of phenols is 1. The number of phenolic OH excluding ortho intramolecular Hbond substituents is 1. The van der Waals surface area contributed by atoms with Gasteiger partial charge in [-0.3, -0.25) is 19.7 Å². The lowest BCUT2D eigenvalue weighted by Crippen LogP contribution is -2.47. The molecule has 2 unspecified atom stereocenters. The molecule has 17 nitrogen and oxygen atoms in total. The van der Waals surface area contributed by atoms with Crippen LogP contribution in [0.3, 0.4) is 0 Å². The van der Waals surface area contributed by atoms with Gasteiger partial charge in [-0.25, -0.2) is 4.68 Å². The van der Waals surface area contributed by atoms with Crippen molar-refractivity contribution in [1.29, 1.82) is 0 Å². The summed E-state index contributed by atoms with van der Waals surface area (Å²) in [7, 11) is 2.81. The molecule has 2 heterocycles. The summed E-state index contributed by atoms with van der Waals surface area (Å²) in [5, 5.41) is 56.9. The van der Waals surface area contributed by atoms with E-state index in [0.717, 1.165) is 43.3 Å². The number of carbonyl (C=O) groups is 4. The molecule has 2 aliphatic rings. The third kappa shape index (κ3) is 25.4. The van der Waals surface area contributed by atoms with Gasteiger partial charge in [0.05, 0.1) is 24.5 Å². The summed E-state index contributed by atoms with van der Waals surface area (Å²) in [6.45, 7) is 9.97. The predicted octanol–water partition coefficient (Wildman–Crippen LogP) is 4.36. The highest BCUT2D eigenvalue weighted by atomic mass is 16.4. The Morgan fingerprint density at radius 2 is 1.75 bits per heavy atom. The van der Waals surface area contributed by atoms with Crippen LogP contribution in [0.2, 0.25) is 0 Å². The van der Waals surface area contributed by atoms with Crippen molar-refractivity contribution in [2.45, 2.75) is 123 Å². The Kier molecular flexibility index (Phi) is 30.5. The first-order chi connectivity index (χ1) is 31.3. The number of benzene rings is 2. The average molecular weight is 906 g/mol. The van der Waals surface area contributed by atoms with E-state index in [-0.39, 0.29) is 42.7 Å². The Hall–Kier alpha value is -5.72. The Labute approximate surface area is 385 Å². The lowest BCUT2D eigenvalue weighted by atomic mass is 9.87. The van der Waals surface area contributed by atoms with E-state index in [1.807, 2.05) is 75.7 Å². The molecule has 360 valence electrons. The first kappa shape index (κ1) is 57.3. The number of aliphatic hydroxyl groups excluding tert-OH is 2. The number of carbonyl (C=O) groups excluding carboxylic acids is 3. The minimum Gasteiger partial charge on any atom is -0.507 e. The molecule has 1 fully saturated rings. The SMILES string of the molecule is C/C=C/c1cccc(CNC(=O)C/C=C\NC2C=C[C@H](N)CN2)c1.CCC(O)CNC(=O)c1cc(C)c(O)c(C)c1.CNCCCC(=O)O.CO.O=CCn1cc(C2CCCCC2)nn1. The quantitative estimate of drug-likeness (QED) is 0.0484. The lowest BCUT2D eigenvalue weighted by Gasteiger charge is -2.22. The summed E-state index contributed by atoms with van der Waals surface area (Å²) in [6.07, 6.45) is 22.2. The summed E-state index contributed by atoms with van der Waals surface area (Å²) >= 11 is 0. The third-order valence-corrected chi connectivity index (χ3v) is 10.0. The summed E-state index contributed by atoms with van der Waals surface area (Å²) < 4.78 is 1.61. The molecule has 1 aliphatic heterocycles. The highest BCUT2D eigenvalue weighted by Gasteiger charge is 2.18. The van der Waals surface area contributed by atoms with Crippen LogP contribution in [0.1, 0.15) is 116 Å². The van der Waals surface area contributed by atoms with Gasteiger partial charge >= 0.3 is 5.97 Å². The van der Waals surface area contributed by atoms with Gasteiger partial charge in [-0.2, -0.15) is 0 Å². The molecule has 0 spiro atoms. The number of aryl methyl sites for hydroxylation is 2. The molecule has 1 aliphatic carbocycles. The van der Waals surface area contributed by atoms with Crippen LogP contribution in [0.5, 0.6) is 5.75 Å². The van der Waals surface area contributed by atoms with Gasteiger partial charge in [-0.1, -0.05) is 80.0 Å². The smallest absolute Gasteiger partial charge is 0.303 e. The topological polar surface area (TPSA) is 266 Å². The van der Waals surface area contributed by atoms with Gasteiger partial charge in [0.1, 0.15) is 12.0 Å². The van der Waals surface area contributed by atoms with E-state index in [4.69, 9.17) is 15.9 Å². The van der Waals surface area contributed by atoms with E-state index in [2.05, 4.69) is 43.0 Å². The predicted molar refractivity (Wildman–Crippen MR) is 256 cm³/mol. The molecule has 2 amide bonds. The van der Waals surface area contributed by atoms with Crippen molar-refractivity contribution in [3.05, 3.63) is 107 Å². The molecule has 0 bridgehead atoms. The fourth-order valence-corrected chi connectivity index (χ4v) is 6.40. The number of aromatic hydroxyl groups is 1. The van der Waals surface area contributed by atoms with Gasteiger partial charge < -0.3 is 52.2 Å². The van der Waals surface area contributed by atoms with Gasteiger partial charge in [0.25, 0.3) is 5.91 Å². The number of aldehydes is 1. The number of aliphatic carboxylic acids is 1. The Balaban J connectivity index is 0.000000454. The molecular weight excluding hydrogens is 831 g/mol. The van der Waals surface area contributed by atoms with Crippen molar-refractivity contribution in [3.63, 3.8) is 0 Å². The molecule has 1 aromatic heterocycles. The summed E-state index contributed by atoms with van der Waals surface area (Å²) in [4.78, 5) is 43.8. The van der Waals surface area contributed by atoms with Gasteiger partial charge in [-0.15, -0.1) is 5.10 Å². The number of rotatable bonds is 18. The third-order valence-electron chi connectivity index (χ3n) is 10.0. The molecule has 3 atom stereocenters. The number of nitrogens with zero attached hydrogens (tertiary/aromatic N) is 3. The normalized spacial score (nSPS) is 16.0. The molecule has 0 radical (unpaired) electrons. The molecule has 11 N–H and O–H groups in total. The highest BCUT2D eigenvalue weighted by Crippen LogP contribution is 2.31. The zero-order valence-corrected chi connectivity index (χ0v) is 39.1. The van der Waals surface area contributed by atoms with E-state index in [0.29, 0.717) is 55.0 Å². The molecule has 0 saturated heterocycles. The highest BCUT2D eigenvalue weighted by molar-refractivity contribution is 5.94. The molecule has 1 saturated carbocycles.